The van der Waals surface area contributed by atoms with Gasteiger partial charge in [-0.2, -0.15) is 0 Å². The van der Waals surface area contributed by atoms with Crippen LogP contribution in [0.5, 0.6) is 0 Å². The van der Waals surface area contributed by atoms with Gasteiger partial charge in [-0.25, -0.2) is 4.79 Å². The summed E-state index contributed by atoms with van der Waals surface area (Å²) in [5, 5.41) is 14.3. The summed E-state index contributed by atoms with van der Waals surface area (Å²) in [6.45, 7) is 5.35. The molecule has 1 aliphatic heterocycles. The number of nitrogens with one attached hydrogen (secondary N) is 1. The van der Waals surface area contributed by atoms with Crippen LogP contribution in [0.1, 0.15) is 32.4 Å². The van der Waals surface area contributed by atoms with Crippen LogP contribution in [0, 0.1) is 0 Å². The maximum atomic E-state index is 12.6. The third-order valence-corrected chi connectivity index (χ3v) is 4.58. The molecular weight excluding hydrogens is 354 g/mol. The number of ether oxygens (including phenoxy) is 1. The van der Waals surface area contributed by atoms with Gasteiger partial charge in [-0.15, -0.1) is 0 Å². The fourth-order valence-corrected chi connectivity index (χ4v) is 3.21. The second kappa shape index (κ2) is 6.37. The lowest BCUT2D eigenvalue weighted by Gasteiger charge is -2.23. The SMILES string of the molecule is CN1C(=S)NC(=O)C1C(O)c1cn(C(=O)OC(C)(C)C)c2ccccc12. The van der Waals surface area contributed by atoms with Crippen molar-refractivity contribution in [2.45, 2.75) is 38.5 Å². The van der Waals surface area contributed by atoms with E-state index in [2.05, 4.69) is 5.32 Å². The summed E-state index contributed by atoms with van der Waals surface area (Å²) in [5.41, 5.74) is 0.404. The zero-order chi connectivity index (χ0) is 19.2. The van der Waals surface area contributed by atoms with Crippen LogP contribution in [0.25, 0.3) is 10.9 Å². The molecule has 138 valence electrons. The summed E-state index contributed by atoms with van der Waals surface area (Å²) in [6, 6.07) is 6.29. The van der Waals surface area contributed by atoms with Gasteiger partial charge >= 0.3 is 6.09 Å². The summed E-state index contributed by atoms with van der Waals surface area (Å²) in [7, 11) is 1.64. The van der Waals surface area contributed by atoms with Gasteiger partial charge in [0.25, 0.3) is 5.91 Å². The van der Waals surface area contributed by atoms with Crippen LogP contribution in [0.15, 0.2) is 30.5 Å². The van der Waals surface area contributed by atoms with E-state index in [0.717, 1.165) is 0 Å². The van der Waals surface area contributed by atoms with Crippen molar-refractivity contribution in [3.8, 4) is 0 Å². The van der Waals surface area contributed by atoms with Crippen LogP contribution in [0.4, 0.5) is 4.79 Å². The molecule has 7 nitrogen and oxygen atoms in total. The summed E-state index contributed by atoms with van der Waals surface area (Å²) in [4.78, 5) is 26.3. The molecule has 3 rings (SSSR count). The molecule has 1 fully saturated rings. The summed E-state index contributed by atoms with van der Waals surface area (Å²) in [6.07, 6.45) is -0.188. The zero-order valence-electron chi connectivity index (χ0n) is 15.0. The molecule has 1 aromatic carbocycles. The average molecular weight is 375 g/mol. The third-order valence-electron chi connectivity index (χ3n) is 4.19. The number of rotatable bonds is 2. The minimum absolute atomic E-state index is 0.259. The van der Waals surface area contributed by atoms with E-state index >= 15 is 0 Å². The number of hydrogen-bond acceptors (Lipinski definition) is 5. The number of amides is 1. The van der Waals surface area contributed by atoms with Gasteiger partial charge < -0.3 is 20.1 Å². The molecule has 26 heavy (non-hydrogen) atoms. The second-order valence-electron chi connectivity index (χ2n) is 7.25. The van der Waals surface area contributed by atoms with Gasteiger partial charge in [0.15, 0.2) is 5.11 Å². The molecule has 0 bridgehead atoms. The van der Waals surface area contributed by atoms with Gasteiger partial charge in [-0.3, -0.25) is 9.36 Å². The van der Waals surface area contributed by atoms with Gasteiger partial charge in [0.2, 0.25) is 0 Å². The molecule has 0 spiro atoms. The van der Waals surface area contributed by atoms with E-state index in [9.17, 15) is 14.7 Å². The molecular formula is C18H21N3O4S. The molecule has 2 unspecified atom stereocenters. The number of fused-ring (bicyclic) bond motifs is 1. The lowest BCUT2D eigenvalue weighted by atomic mass is 10.0. The first kappa shape index (κ1) is 18.3. The van der Waals surface area contributed by atoms with Crippen molar-refractivity contribution >= 4 is 40.2 Å². The topological polar surface area (TPSA) is 83.8 Å². The van der Waals surface area contributed by atoms with Crippen LogP contribution in [-0.4, -0.2) is 50.4 Å². The number of likely N-dealkylation sites (N-methyl/N-ethyl adjacent to an activating group) is 1. The molecule has 2 heterocycles. The van der Waals surface area contributed by atoms with E-state index in [1.54, 1.807) is 52.1 Å². The Bertz CT molecular complexity index is 899. The van der Waals surface area contributed by atoms with E-state index in [4.69, 9.17) is 17.0 Å². The average Bonchev–Trinajstić information content (AvgIpc) is 3.03. The molecule has 1 amide bonds. The van der Waals surface area contributed by atoms with Gasteiger partial charge in [0.1, 0.15) is 17.7 Å². The molecule has 2 atom stereocenters. The highest BCUT2D eigenvalue weighted by Gasteiger charge is 2.40. The van der Waals surface area contributed by atoms with Crippen LogP contribution in [0.3, 0.4) is 0 Å². The van der Waals surface area contributed by atoms with Gasteiger partial charge in [-0.1, -0.05) is 18.2 Å². The van der Waals surface area contributed by atoms with Crippen molar-refractivity contribution in [2.24, 2.45) is 0 Å². The second-order valence-corrected chi connectivity index (χ2v) is 7.63. The van der Waals surface area contributed by atoms with Crippen molar-refractivity contribution in [3.63, 3.8) is 0 Å². The first-order valence-corrected chi connectivity index (χ1v) is 8.60. The predicted octanol–water partition coefficient (Wildman–Crippen LogP) is 2.17. The van der Waals surface area contributed by atoms with Crippen LogP contribution in [-0.2, 0) is 9.53 Å². The van der Waals surface area contributed by atoms with Gasteiger partial charge in [0, 0.05) is 24.2 Å². The lowest BCUT2D eigenvalue weighted by Crippen LogP contribution is -2.37. The molecule has 0 radical (unpaired) electrons. The smallest absolute Gasteiger partial charge is 0.419 e. The van der Waals surface area contributed by atoms with Crippen molar-refractivity contribution < 1.29 is 19.4 Å². The fraction of sp³-hybridized carbons (Fsp3) is 0.389. The summed E-state index contributed by atoms with van der Waals surface area (Å²) < 4.78 is 6.79. The monoisotopic (exact) mass is 375 g/mol. The molecule has 1 aromatic heterocycles. The van der Waals surface area contributed by atoms with Crippen LogP contribution >= 0.6 is 12.2 Å². The zero-order valence-corrected chi connectivity index (χ0v) is 15.8. The number of carbonyl (C=O) groups excluding carboxylic acids is 2. The molecule has 1 saturated heterocycles. The number of thiocarbonyl (C=S) groups is 1. The molecule has 0 aliphatic carbocycles. The summed E-state index contributed by atoms with van der Waals surface area (Å²) >= 11 is 5.07. The van der Waals surface area contributed by atoms with Crippen molar-refractivity contribution in [3.05, 3.63) is 36.0 Å². The highest BCUT2D eigenvalue weighted by Crippen LogP contribution is 2.31. The Morgan fingerprint density at radius 1 is 1.35 bits per heavy atom. The standard InChI is InChI=1S/C18H21N3O4S/c1-18(2,3)25-17(24)21-9-11(10-7-5-6-8-12(10)21)14(22)13-15(23)19-16(26)20(13)4/h5-9,13-14,22H,1-4H3,(H,19,23,26). The Balaban J connectivity index is 2.06. The lowest BCUT2D eigenvalue weighted by molar-refractivity contribution is -0.124. The maximum Gasteiger partial charge on any atom is 0.419 e. The van der Waals surface area contributed by atoms with Crippen LogP contribution < -0.4 is 5.32 Å². The number of benzene rings is 1. The van der Waals surface area contributed by atoms with E-state index in [0.29, 0.717) is 16.5 Å². The van der Waals surface area contributed by atoms with Crippen LogP contribution in [0.2, 0.25) is 0 Å². The number of para-hydroxylation sites is 1. The number of hydrogen-bond donors (Lipinski definition) is 2. The van der Waals surface area contributed by atoms with Crippen molar-refractivity contribution in [1.82, 2.24) is 14.8 Å². The van der Waals surface area contributed by atoms with Gasteiger partial charge in [0.05, 0.1) is 5.52 Å². The van der Waals surface area contributed by atoms with Gasteiger partial charge in [-0.05, 0) is 39.1 Å². The highest BCUT2D eigenvalue weighted by atomic mass is 32.1. The number of aromatic nitrogens is 1. The number of aliphatic hydroxyl groups is 1. The quantitative estimate of drug-likeness (QED) is 0.783. The predicted molar refractivity (Wildman–Crippen MR) is 101 cm³/mol. The Morgan fingerprint density at radius 3 is 2.58 bits per heavy atom. The van der Waals surface area contributed by atoms with E-state index in [-0.39, 0.29) is 11.0 Å². The summed E-state index contributed by atoms with van der Waals surface area (Å²) in [5.74, 6) is -0.376. The minimum atomic E-state index is -1.16. The first-order chi connectivity index (χ1) is 12.1. The molecule has 1 aliphatic rings. The Labute approximate surface area is 156 Å². The molecule has 2 aromatic rings. The van der Waals surface area contributed by atoms with E-state index in [1.165, 1.54) is 15.7 Å². The molecule has 0 saturated carbocycles. The fourth-order valence-electron chi connectivity index (χ4n) is 3.00. The van der Waals surface area contributed by atoms with Crippen molar-refractivity contribution in [2.75, 3.05) is 7.05 Å². The highest BCUT2D eigenvalue weighted by molar-refractivity contribution is 7.80. The number of nitrogens with zero attached hydrogens (tertiary/aromatic N) is 2. The number of aliphatic hydroxyl groups excluding tert-OH is 1. The first-order valence-electron chi connectivity index (χ1n) is 8.19. The van der Waals surface area contributed by atoms with E-state index < -0.39 is 23.8 Å². The molecule has 8 heteroatoms. The van der Waals surface area contributed by atoms with Crippen molar-refractivity contribution in [1.29, 1.82) is 0 Å². The Hall–Kier alpha value is -2.45. The molecule has 2 N–H and O–H groups in total. The third kappa shape index (κ3) is 3.17. The maximum absolute atomic E-state index is 12.6. The Morgan fingerprint density at radius 2 is 2.00 bits per heavy atom. The normalized spacial score (nSPS) is 19.0. The Kier molecular flexibility index (Phi) is 4.49. The van der Waals surface area contributed by atoms with E-state index in [1.807, 2.05) is 0 Å². The number of carbonyl (C=O) groups is 2. The minimum Gasteiger partial charge on any atom is -0.443 e. The largest absolute Gasteiger partial charge is 0.443 e.